The molecule has 1 heterocycles. The Balaban J connectivity index is 2.31. The Morgan fingerprint density at radius 2 is 2.00 bits per heavy atom. The van der Waals surface area contributed by atoms with Crippen LogP contribution in [0.2, 0.25) is 0 Å². The van der Waals surface area contributed by atoms with Crippen LogP contribution in [0.1, 0.15) is 11.1 Å². The van der Waals surface area contributed by atoms with E-state index in [-0.39, 0.29) is 5.56 Å². The van der Waals surface area contributed by atoms with Crippen LogP contribution < -0.4 is 10.3 Å². The molecule has 0 spiro atoms. The standard InChI is InChI=1S/C15H15NO2/c1-2-10-18-14-8-9-16-15(17)13(14)11-12-6-4-3-5-7-12/h2-9H,1,10-11H2,(H,16,17). The summed E-state index contributed by atoms with van der Waals surface area (Å²) in [6.45, 7) is 3.99. The van der Waals surface area contributed by atoms with Crippen LogP contribution in [0.15, 0.2) is 60.0 Å². The van der Waals surface area contributed by atoms with E-state index >= 15 is 0 Å². The van der Waals surface area contributed by atoms with Crippen LogP contribution in [0.5, 0.6) is 5.75 Å². The maximum Gasteiger partial charge on any atom is 0.255 e. The second-order valence-electron chi connectivity index (χ2n) is 3.91. The van der Waals surface area contributed by atoms with Crippen LogP contribution in [0, 0.1) is 0 Å². The Morgan fingerprint density at radius 1 is 1.22 bits per heavy atom. The summed E-state index contributed by atoms with van der Waals surface area (Å²) in [7, 11) is 0. The highest BCUT2D eigenvalue weighted by Gasteiger charge is 2.08. The molecule has 0 aliphatic rings. The van der Waals surface area contributed by atoms with Crippen LogP contribution >= 0.6 is 0 Å². The number of rotatable bonds is 5. The quantitative estimate of drug-likeness (QED) is 0.817. The van der Waals surface area contributed by atoms with E-state index < -0.39 is 0 Å². The Labute approximate surface area is 106 Å². The van der Waals surface area contributed by atoms with Crippen molar-refractivity contribution in [3.05, 3.63) is 76.7 Å². The molecule has 2 rings (SSSR count). The van der Waals surface area contributed by atoms with Gasteiger partial charge in [0.2, 0.25) is 0 Å². The third-order valence-corrected chi connectivity index (χ3v) is 2.60. The van der Waals surface area contributed by atoms with Crippen LogP contribution in [0.25, 0.3) is 0 Å². The van der Waals surface area contributed by atoms with E-state index in [4.69, 9.17) is 4.74 Å². The maximum absolute atomic E-state index is 11.8. The van der Waals surface area contributed by atoms with Crippen molar-refractivity contribution in [3.63, 3.8) is 0 Å². The van der Waals surface area contributed by atoms with Gasteiger partial charge in [0.15, 0.2) is 0 Å². The molecule has 0 aliphatic heterocycles. The third kappa shape index (κ3) is 2.88. The molecule has 2 aromatic rings. The average molecular weight is 241 g/mol. The van der Waals surface area contributed by atoms with E-state index in [1.807, 2.05) is 30.3 Å². The molecular weight excluding hydrogens is 226 g/mol. The Morgan fingerprint density at radius 3 is 2.72 bits per heavy atom. The smallest absolute Gasteiger partial charge is 0.255 e. The molecule has 1 N–H and O–H groups in total. The van der Waals surface area contributed by atoms with Gasteiger partial charge in [-0.3, -0.25) is 4.79 Å². The van der Waals surface area contributed by atoms with Gasteiger partial charge >= 0.3 is 0 Å². The van der Waals surface area contributed by atoms with Gasteiger partial charge in [0.1, 0.15) is 12.4 Å². The minimum atomic E-state index is -0.111. The predicted octanol–water partition coefficient (Wildman–Crippen LogP) is 2.53. The maximum atomic E-state index is 11.8. The summed E-state index contributed by atoms with van der Waals surface area (Å²) in [4.78, 5) is 14.5. The third-order valence-electron chi connectivity index (χ3n) is 2.60. The lowest BCUT2D eigenvalue weighted by atomic mass is 10.1. The molecule has 0 fully saturated rings. The summed E-state index contributed by atoms with van der Waals surface area (Å²) in [6.07, 6.45) is 3.81. The molecule has 3 nitrogen and oxygen atoms in total. The lowest BCUT2D eigenvalue weighted by Gasteiger charge is -2.09. The molecule has 0 saturated carbocycles. The van der Waals surface area contributed by atoms with Crippen LogP contribution in [-0.2, 0) is 6.42 Å². The van der Waals surface area contributed by atoms with Crippen molar-refractivity contribution in [2.45, 2.75) is 6.42 Å². The number of hydrogen-bond donors (Lipinski definition) is 1. The predicted molar refractivity (Wildman–Crippen MR) is 72.0 cm³/mol. The molecule has 18 heavy (non-hydrogen) atoms. The van der Waals surface area contributed by atoms with E-state index in [2.05, 4.69) is 11.6 Å². The minimum Gasteiger partial charge on any atom is -0.489 e. The summed E-state index contributed by atoms with van der Waals surface area (Å²) in [5.74, 6) is 0.613. The molecule has 1 aromatic carbocycles. The summed E-state index contributed by atoms with van der Waals surface area (Å²) in [6, 6.07) is 11.6. The number of ether oxygens (including phenoxy) is 1. The molecule has 1 aromatic heterocycles. The second kappa shape index (κ2) is 5.87. The highest BCUT2D eigenvalue weighted by Crippen LogP contribution is 2.17. The van der Waals surface area contributed by atoms with Gasteiger partial charge in [-0.25, -0.2) is 0 Å². The lowest BCUT2D eigenvalue weighted by molar-refractivity contribution is 0.358. The van der Waals surface area contributed by atoms with Gasteiger partial charge in [0, 0.05) is 12.6 Å². The van der Waals surface area contributed by atoms with Crippen molar-refractivity contribution in [1.29, 1.82) is 0 Å². The number of nitrogens with one attached hydrogen (secondary N) is 1. The molecule has 3 heteroatoms. The van der Waals surface area contributed by atoms with Gasteiger partial charge in [0.05, 0.1) is 5.56 Å². The fraction of sp³-hybridized carbons (Fsp3) is 0.133. The second-order valence-corrected chi connectivity index (χ2v) is 3.91. The van der Waals surface area contributed by atoms with E-state index in [0.717, 1.165) is 5.56 Å². The Hall–Kier alpha value is -2.29. The largest absolute Gasteiger partial charge is 0.489 e. The zero-order valence-electron chi connectivity index (χ0n) is 10.1. The van der Waals surface area contributed by atoms with Crippen LogP contribution in [-0.4, -0.2) is 11.6 Å². The topological polar surface area (TPSA) is 42.1 Å². The first-order valence-electron chi connectivity index (χ1n) is 5.79. The van der Waals surface area contributed by atoms with Gasteiger partial charge in [-0.2, -0.15) is 0 Å². The fourth-order valence-electron chi connectivity index (χ4n) is 1.74. The highest BCUT2D eigenvalue weighted by molar-refractivity contribution is 5.35. The fourth-order valence-corrected chi connectivity index (χ4v) is 1.74. The Bertz CT molecular complexity index is 573. The van der Waals surface area contributed by atoms with Crippen LogP contribution in [0.3, 0.4) is 0 Å². The van der Waals surface area contributed by atoms with E-state index in [1.165, 1.54) is 0 Å². The lowest BCUT2D eigenvalue weighted by Crippen LogP contribution is -2.14. The van der Waals surface area contributed by atoms with Gasteiger partial charge in [0.25, 0.3) is 5.56 Å². The van der Waals surface area contributed by atoms with Crippen LogP contribution in [0.4, 0.5) is 0 Å². The van der Waals surface area contributed by atoms with Crippen molar-refractivity contribution < 1.29 is 4.74 Å². The molecule has 0 aliphatic carbocycles. The zero-order chi connectivity index (χ0) is 12.8. The first-order chi connectivity index (χ1) is 8.81. The average Bonchev–Trinajstić information content (AvgIpc) is 2.41. The molecule has 0 radical (unpaired) electrons. The number of benzene rings is 1. The van der Waals surface area contributed by atoms with Crippen molar-refractivity contribution >= 4 is 0 Å². The van der Waals surface area contributed by atoms with Crippen molar-refractivity contribution in [2.24, 2.45) is 0 Å². The van der Waals surface area contributed by atoms with Crippen molar-refractivity contribution in [3.8, 4) is 5.75 Å². The number of pyridine rings is 1. The molecule has 92 valence electrons. The Kier molecular flexibility index (Phi) is 3.97. The monoisotopic (exact) mass is 241 g/mol. The molecule has 0 atom stereocenters. The summed E-state index contributed by atoms with van der Waals surface area (Å²) in [5, 5.41) is 0. The van der Waals surface area contributed by atoms with E-state index in [9.17, 15) is 4.79 Å². The number of H-pyrrole nitrogens is 1. The zero-order valence-corrected chi connectivity index (χ0v) is 10.1. The van der Waals surface area contributed by atoms with Crippen molar-refractivity contribution in [2.75, 3.05) is 6.61 Å². The number of hydrogen-bond acceptors (Lipinski definition) is 2. The summed E-state index contributed by atoms with van der Waals surface area (Å²) >= 11 is 0. The molecular formula is C15H15NO2. The molecule has 0 unspecified atom stereocenters. The van der Waals surface area contributed by atoms with Gasteiger partial charge in [-0.05, 0) is 11.6 Å². The van der Waals surface area contributed by atoms with Crippen molar-refractivity contribution in [1.82, 2.24) is 4.98 Å². The highest BCUT2D eigenvalue weighted by atomic mass is 16.5. The summed E-state index contributed by atoms with van der Waals surface area (Å²) < 4.78 is 5.50. The molecule has 0 bridgehead atoms. The first kappa shape index (κ1) is 12.2. The summed E-state index contributed by atoms with van der Waals surface area (Å²) in [5.41, 5.74) is 1.61. The SMILES string of the molecule is C=CCOc1cc[nH]c(=O)c1Cc1ccccc1. The molecule has 0 amide bonds. The molecule has 0 saturated heterocycles. The minimum absolute atomic E-state index is 0.111. The first-order valence-corrected chi connectivity index (χ1v) is 5.79. The number of aromatic amines is 1. The normalized spacial score (nSPS) is 10.0. The van der Waals surface area contributed by atoms with E-state index in [0.29, 0.717) is 24.3 Å². The number of aromatic nitrogens is 1. The van der Waals surface area contributed by atoms with E-state index in [1.54, 1.807) is 18.3 Å². The van der Waals surface area contributed by atoms with Gasteiger partial charge in [-0.15, -0.1) is 0 Å². The van der Waals surface area contributed by atoms with Gasteiger partial charge in [-0.1, -0.05) is 43.0 Å². The van der Waals surface area contributed by atoms with Gasteiger partial charge < -0.3 is 9.72 Å².